The first-order valence-corrected chi connectivity index (χ1v) is 9.34. The maximum atomic E-state index is 6.55. The Balaban J connectivity index is 1.87. The molecule has 3 rings (SSSR count). The number of nitrogens with zero attached hydrogens (tertiary/aromatic N) is 2. The van der Waals surface area contributed by atoms with Gasteiger partial charge in [-0.25, -0.2) is 4.68 Å². The van der Waals surface area contributed by atoms with E-state index in [-0.39, 0.29) is 6.23 Å². The minimum atomic E-state index is 0.0248. The van der Waals surface area contributed by atoms with Crippen LogP contribution in [0.15, 0.2) is 16.7 Å². The zero-order chi connectivity index (χ0) is 16.2. The third-order valence-electron chi connectivity index (χ3n) is 4.34. The van der Waals surface area contributed by atoms with E-state index in [4.69, 9.17) is 21.1 Å². The molecule has 23 heavy (non-hydrogen) atoms. The maximum absolute atomic E-state index is 6.55. The minimum Gasteiger partial charge on any atom is -0.385 e. The Morgan fingerprint density at radius 2 is 2.30 bits per heavy atom. The monoisotopic (exact) mass is 400 g/mol. The van der Waals surface area contributed by atoms with E-state index in [0.29, 0.717) is 0 Å². The largest absolute Gasteiger partial charge is 0.385 e. The van der Waals surface area contributed by atoms with Gasteiger partial charge in [0, 0.05) is 35.2 Å². The lowest BCUT2D eigenvalue weighted by atomic mass is 10.1. The van der Waals surface area contributed by atoms with Crippen LogP contribution in [0, 0.1) is 0 Å². The van der Waals surface area contributed by atoms with Gasteiger partial charge in [0.15, 0.2) is 6.23 Å². The van der Waals surface area contributed by atoms with Gasteiger partial charge in [-0.1, -0.05) is 11.6 Å². The summed E-state index contributed by atoms with van der Waals surface area (Å²) >= 11 is 10.3. The van der Waals surface area contributed by atoms with Crippen molar-refractivity contribution < 1.29 is 9.47 Å². The highest BCUT2D eigenvalue weighted by Gasteiger charge is 2.21. The summed E-state index contributed by atoms with van der Waals surface area (Å²) in [5, 5.41) is 6.45. The summed E-state index contributed by atoms with van der Waals surface area (Å²) in [7, 11) is 1.73. The summed E-state index contributed by atoms with van der Waals surface area (Å²) < 4.78 is 14.0. The highest BCUT2D eigenvalue weighted by Crippen LogP contribution is 2.36. The van der Waals surface area contributed by atoms with Gasteiger partial charge in [0.1, 0.15) is 0 Å². The number of hydrogen-bond donors (Lipinski definition) is 0. The molecule has 1 aliphatic rings. The molecule has 1 saturated heterocycles. The van der Waals surface area contributed by atoms with E-state index in [2.05, 4.69) is 21.0 Å². The molecule has 2 aromatic rings. The van der Waals surface area contributed by atoms with Crippen molar-refractivity contribution in [2.45, 2.75) is 44.8 Å². The van der Waals surface area contributed by atoms with E-state index < -0.39 is 0 Å². The number of rotatable bonds is 6. The average Bonchev–Trinajstić information content (AvgIpc) is 2.98. The summed E-state index contributed by atoms with van der Waals surface area (Å²) in [5.41, 5.74) is 2.19. The molecule has 0 amide bonds. The van der Waals surface area contributed by atoms with Crippen molar-refractivity contribution in [1.29, 1.82) is 0 Å². The predicted octanol–water partition coefficient (Wildman–Crippen LogP) is 5.12. The van der Waals surface area contributed by atoms with Crippen molar-refractivity contribution in [2.75, 3.05) is 20.3 Å². The first-order valence-electron chi connectivity index (χ1n) is 8.17. The molecule has 126 valence electrons. The van der Waals surface area contributed by atoms with E-state index in [1.54, 1.807) is 7.11 Å². The highest BCUT2D eigenvalue weighted by molar-refractivity contribution is 9.10. The summed E-state index contributed by atoms with van der Waals surface area (Å²) in [6.45, 7) is 1.59. The predicted molar refractivity (Wildman–Crippen MR) is 96.1 cm³/mol. The van der Waals surface area contributed by atoms with Crippen molar-refractivity contribution in [3.05, 3.63) is 27.3 Å². The summed E-state index contributed by atoms with van der Waals surface area (Å²) in [6, 6.07) is 2.03. The Bertz CT molecular complexity index is 668. The molecule has 0 bridgehead atoms. The number of halogens is 2. The van der Waals surface area contributed by atoms with Crippen LogP contribution in [0.1, 0.15) is 43.9 Å². The summed E-state index contributed by atoms with van der Waals surface area (Å²) in [5.74, 6) is 0. The smallest absolute Gasteiger partial charge is 0.150 e. The van der Waals surface area contributed by atoms with Gasteiger partial charge < -0.3 is 9.47 Å². The summed E-state index contributed by atoms with van der Waals surface area (Å²) in [6.07, 6.45) is 8.27. The Morgan fingerprint density at radius 3 is 3.04 bits per heavy atom. The second kappa shape index (κ2) is 7.97. The van der Waals surface area contributed by atoms with Crippen molar-refractivity contribution in [1.82, 2.24) is 9.78 Å². The average molecular weight is 402 g/mol. The van der Waals surface area contributed by atoms with Crippen LogP contribution < -0.4 is 0 Å². The molecule has 1 atom stereocenters. The van der Waals surface area contributed by atoms with Crippen LogP contribution in [-0.4, -0.2) is 30.1 Å². The Kier molecular flexibility index (Phi) is 5.96. The van der Waals surface area contributed by atoms with Crippen molar-refractivity contribution in [3.8, 4) is 0 Å². The molecule has 1 aromatic heterocycles. The minimum absolute atomic E-state index is 0.0248. The van der Waals surface area contributed by atoms with Crippen LogP contribution in [0.2, 0.25) is 5.02 Å². The number of aromatic nitrogens is 2. The molecule has 4 nitrogen and oxygen atoms in total. The van der Waals surface area contributed by atoms with Gasteiger partial charge in [-0.3, -0.25) is 0 Å². The van der Waals surface area contributed by atoms with Crippen LogP contribution in [0.5, 0.6) is 0 Å². The van der Waals surface area contributed by atoms with Crippen molar-refractivity contribution in [2.24, 2.45) is 0 Å². The second-order valence-electron chi connectivity index (χ2n) is 5.94. The highest BCUT2D eigenvalue weighted by atomic mass is 79.9. The molecule has 0 N–H and O–H groups in total. The first kappa shape index (κ1) is 17.2. The molecule has 1 unspecified atom stereocenters. The van der Waals surface area contributed by atoms with Crippen LogP contribution in [0.3, 0.4) is 0 Å². The molecule has 1 aromatic carbocycles. The lowest BCUT2D eigenvalue weighted by molar-refractivity contribution is -0.0366. The van der Waals surface area contributed by atoms with E-state index in [9.17, 15) is 0 Å². The van der Waals surface area contributed by atoms with Gasteiger partial charge >= 0.3 is 0 Å². The normalized spacial score (nSPS) is 18.7. The van der Waals surface area contributed by atoms with Crippen LogP contribution in [-0.2, 0) is 15.9 Å². The fraction of sp³-hybridized carbons (Fsp3) is 0.588. The summed E-state index contributed by atoms with van der Waals surface area (Å²) in [4.78, 5) is 0. The van der Waals surface area contributed by atoms with Gasteiger partial charge in [-0.2, -0.15) is 5.10 Å². The van der Waals surface area contributed by atoms with Gasteiger partial charge in [-0.15, -0.1) is 0 Å². The zero-order valence-electron chi connectivity index (χ0n) is 13.4. The topological polar surface area (TPSA) is 36.3 Å². The number of fused-ring (bicyclic) bond motifs is 1. The van der Waals surface area contributed by atoms with Crippen molar-refractivity contribution >= 4 is 38.4 Å². The molecule has 0 radical (unpaired) electrons. The fourth-order valence-corrected chi connectivity index (χ4v) is 4.21. The molecule has 2 heterocycles. The van der Waals surface area contributed by atoms with Crippen LogP contribution in [0.25, 0.3) is 10.9 Å². The molecular formula is C17H22BrClN2O2. The van der Waals surface area contributed by atoms with E-state index in [1.165, 1.54) is 6.42 Å². The molecular weight excluding hydrogens is 380 g/mol. The Hall–Kier alpha value is -0.620. The zero-order valence-corrected chi connectivity index (χ0v) is 15.7. The number of benzene rings is 1. The van der Waals surface area contributed by atoms with Crippen LogP contribution >= 0.6 is 27.5 Å². The maximum Gasteiger partial charge on any atom is 0.150 e. The molecule has 1 aliphatic heterocycles. The number of unbranched alkanes of at least 4 members (excludes halogenated alkanes) is 1. The Morgan fingerprint density at radius 1 is 1.43 bits per heavy atom. The number of hydrogen-bond acceptors (Lipinski definition) is 3. The third-order valence-corrected chi connectivity index (χ3v) is 5.58. The molecule has 1 fully saturated rings. The van der Waals surface area contributed by atoms with E-state index in [0.717, 1.165) is 71.3 Å². The first-order chi connectivity index (χ1) is 11.2. The molecule has 0 spiro atoms. The molecule has 0 saturated carbocycles. The lowest BCUT2D eigenvalue weighted by Crippen LogP contribution is -2.18. The van der Waals surface area contributed by atoms with Gasteiger partial charge in [0.2, 0.25) is 0 Å². The van der Waals surface area contributed by atoms with Gasteiger partial charge in [0.05, 0.1) is 11.7 Å². The second-order valence-corrected chi connectivity index (χ2v) is 7.14. The lowest BCUT2D eigenvalue weighted by Gasteiger charge is -2.23. The number of ether oxygens (including phenoxy) is 2. The van der Waals surface area contributed by atoms with E-state index >= 15 is 0 Å². The van der Waals surface area contributed by atoms with Crippen molar-refractivity contribution in [3.63, 3.8) is 0 Å². The third kappa shape index (κ3) is 3.73. The number of methoxy groups -OCH3 is 1. The fourth-order valence-electron chi connectivity index (χ4n) is 3.08. The van der Waals surface area contributed by atoms with Gasteiger partial charge in [0.25, 0.3) is 0 Å². The Labute approximate surface area is 150 Å². The van der Waals surface area contributed by atoms with Gasteiger partial charge in [-0.05, 0) is 66.1 Å². The molecule has 0 aliphatic carbocycles. The van der Waals surface area contributed by atoms with Crippen LogP contribution in [0.4, 0.5) is 0 Å². The van der Waals surface area contributed by atoms with E-state index in [1.807, 2.05) is 16.9 Å². The molecule has 6 heteroatoms. The quantitative estimate of drug-likeness (QED) is 0.630. The standard InChI is InChI=1S/C17H22BrClN2O2/c1-22-8-4-2-6-12-14(19)10-15-13(17(12)18)11-20-21(15)16-7-3-5-9-23-16/h10-11,16H,2-9H2,1H3. The SMILES string of the molecule is COCCCCc1c(Cl)cc2c(cnn2C2CCCCO2)c1Br.